The Morgan fingerprint density at radius 2 is 1.93 bits per heavy atom. The van der Waals surface area contributed by atoms with Crippen LogP contribution in [-0.2, 0) is 14.3 Å². The first-order valence-corrected chi connectivity index (χ1v) is 12.6. The van der Waals surface area contributed by atoms with Crippen LogP contribution in [0.1, 0.15) is 48.9 Å². The second-order valence-electron chi connectivity index (χ2n) is 8.20. The van der Waals surface area contributed by atoms with E-state index >= 15 is 0 Å². The average molecular weight is 481 g/mol. The fourth-order valence-electron chi connectivity index (χ4n) is 3.97. The minimum Gasteiger partial charge on any atom is -0.381 e. The number of nitrogens with one attached hydrogen (secondary N) is 1. The van der Waals surface area contributed by atoms with Crippen molar-refractivity contribution in [2.45, 2.75) is 44.6 Å². The second kappa shape index (κ2) is 8.32. The molecule has 0 atom stereocenters. The molecule has 0 radical (unpaired) electrons. The molecule has 29 heavy (non-hydrogen) atoms. The Hall–Kier alpha value is -1.51. The zero-order chi connectivity index (χ0) is 20.6. The Kier molecular flexibility index (Phi) is 5.95. The molecule has 1 N–H and O–H groups in total. The predicted octanol–water partition coefficient (Wildman–Crippen LogP) is 4.54. The average Bonchev–Trinajstić information content (AvgIpc) is 3.52. The molecule has 0 saturated heterocycles. The molecule has 4 rings (SSSR count). The SMILES string of the molecule is CS(=O)(=O)OC[C@H]1CC[C@H](Nc2c(C(=O)C3CC3)cnc3ccc(Br)cc23)CC1. The summed E-state index contributed by atoms with van der Waals surface area (Å²) in [7, 11) is -3.40. The maximum absolute atomic E-state index is 12.9. The first-order chi connectivity index (χ1) is 13.8. The van der Waals surface area contributed by atoms with Crippen LogP contribution in [0.5, 0.6) is 0 Å². The highest BCUT2D eigenvalue weighted by molar-refractivity contribution is 9.10. The third kappa shape index (κ3) is 5.16. The van der Waals surface area contributed by atoms with E-state index in [9.17, 15) is 13.2 Å². The molecule has 1 aromatic heterocycles. The maximum atomic E-state index is 12.9. The Morgan fingerprint density at radius 3 is 2.59 bits per heavy atom. The summed E-state index contributed by atoms with van der Waals surface area (Å²) in [5.41, 5.74) is 2.42. The highest BCUT2D eigenvalue weighted by Crippen LogP contribution is 2.38. The molecule has 2 aliphatic rings. The molecule has 0 unspecified atom stereocenters. The number of rotatable bonds is 7. The molecule has 8 heteroatoms. The predicted molar refractivity (Wildman–Crippen MR) is 117 cm³/mol. The van der Waals surface area contributed by atoms with Gasteiger partial charge in [0.15, 0.2) is 5.78 Å². The normalized spacial score (nSPS) is 22.6. The van der Waals surface area contributed by atoms with Crippen molar-refractivity contribution in [3.63, 3.8) is 0 Å². The van der Waals surface area contributed by atoms with Gasteiger partial charge < -0.3 is 5.32 Å². The number of benzene rings is 1. The van der Waals surface area contributed by atoms with Gasteiger partial charge in [0.2, 0.25) is 0 Å². The number of anilines is 1. The molecule has 0 aliphatic heterocycles. The van der Waals surface area contributed by atoms with Gasteiger partial charge in [-0.1, -0.05) is 15.9 Å². The lowest BCUT2D eigenvalue weighted by Gasteiger charge is -2.30. The van der Waals surface area contributed by atoms with E-state index in [1.807, 2.05) is 18.2 Å². The third-order valence-corrected chi connectivity index (χ3v) is 6.81. The topological polar surface area (TPSA) is 85.4 Å². The van der Waals surface area contributed by atoms with Crippen LogP contribution >= 0.6 is 15.9 Å². The number of fused-ring (bicyclic) bond motifs is 1. The molecule has 2 aliphatic carbocycles. The van der Waals surface area contributed by atoms with Crippen molar-refractivity contribution in [3.05, 3.63) is 34.4 Å². The fraction of sp³-hybridized carbons (Fsp3) is 0.524. The molecular weight excluding hydrogens is 456 g/mol. The van der Waals surface area contributed by atoms with Crippen LogP contribution in [0.4, 0.5) is 5.69 Å². The fourth-order valence-corrected chi connectivity index (χ4v) is 4.77. The van der Waals surface area contributed by atoms with Gasteiger partial charge >= 0.3 is 0 Å². The molecule has 0 amide bonds. The van der Waals surface area contributed by atoms with Crippen molar-refractivity contribution < 1.29 is 17.4 Å². The first kappa shape index (κ1) is 20.8. The Morgan fingerprint density at radius 1 is 1.21 bits per heavy atom. The van der Waals surface area contributed by atoms with Gasteiger partial charge in [0.1, 0.15) is 0 Å². The molecule has 1 heterocycles. The summed E-state index contributed by atoms with van der Waals surface area (Å²) < 4.78 is 28.4. The van der Waals surface area contributed by atoms with Crippen LogP contribution in [0, 0.1) is 11.8 Å². The molecule has 6 nitrogen and oxygen atoms in total. The van der Waals surface area contributed by atoms with Crippen molar-refractivity contribution in [2.24, 2.45) is 11.8 Å². The lowest BCUT2D eigenvalue weighted by Crippen LogP contribution is -2.29. The largest absolute Gasteiger partial charge is 0.381 e. The van der Waals surface area contributed by atoms with Gasteiger partial charge in [-0.25, -0.2) is 0 Å². The molecule has 156 valence electrons. The molecule has 0 bridgehead atoms. The van der Waals surface area contributed by atoms with Crippen molar-refractivity contribution in [2.75, 3.05) is 18.2 Å². The Labute approximate surface area is 179 Å². The minimum absolute atomic E-state index is 0.130. The number of ketones is 1. The van der Waals surface area contributed by atoms with E-state index in [2.05, 4.69) is 26.2 Å². The number of hydrogen-bond donors (Lipinski definition) is 1. The number of carbonyl (C=O) groups excluding carboxylic acids is 1. The van der Waals surface area contributed by atoms with Gasteiger partial charge in [-0.3, -0.25) is 14.0 Å². The van der Waals surface area contributed by atoms with Crippen LogP contribution in [0.25, 0.3) is 10.9 Å². The van der Waals surface area contributed by atoms with Crippen LogP contribution in [0.3, 0.4) is 0 Å². The molecule has 2 aromatic rings. The number of carbonyl (C=O) groups is 1. The molecule has 2 saturated carbocycles. The van der Waals surface area contributed by atoms with E-state index in [1.165, 1.54) is 0 Å². The third-order valence-electron chi connectivity index (χ3n) is 5.76. The number of halogens is 1. The summed E-state index contributed by atoms with van der Waals surface area (Å²) in [5.74, 6) is 0.557. The molecular formula is C21H25BrN2O4S. The van der Waals surface area contributed by atoms with Gasteiger partial charge in [0.05, 0.1) is 29.6 Å². The summed E-state index contributed by atoms with van der Waals surface area (Å²) in [6.45, 7) is 0.252. The maximum Gasteiger partial charge on any atom is 0.264 e. The molecule has 0 spiro atoms. The van der Waals surface area contributed by atoms with E-state index in [0.29, 0.717) is 5.56 Å². The van der Waals surface area contributed by atoms with E-state index in [1.54, 1.807) is 6.20 Å². The molecule has 2 fully saturated rings. The van der Waals surface area contributed by atoms with Crippen LogP contribution in [0.2, 0.25) is 0 Å². The van der Waals surface area contributed by atoms with Gasteiger partial charge in [0, 0.05) is 28.0 Å². The van der Waals surface area contributed by atoms with Crippen molar-refractivity contribution in [1.82, 2.24) is 4.98 Å². The number of nitrogens with zero attached hydrogens (tertiary/aromatic N) is 1. The van der Waals surface area contributed by atoms with Crippen LogP contribution in [0.15, 0.2) is 28.9 Å². The quantitative estimate of drug-likeness (QED) is 0.462. The summed E-state index contributed by atoms with van der Waals surface area (Å²) in [4.78, 5) is 17.4. The number of aromatic nitrogens is 1. The summed E-state index contributed by atoms with van der Waals surface area (Å²) >= 11 is 3.53. The van der Waals surface area contributed by atoms with Gasteiger partial charge in [-0.15, -0.1) is 0 Å². The van der Waals surface area contributed by atoms with Gasteiger partial charge in [-0.2, -0.15) is 8.42 Å². The highest BCUT2D eigenvalue weighted by atomic mass is 79.9. The van der Waals surface area contributed by atoms with Crippen molar-refractivity contribution in [1.29, 1.82) is 0 Å². The smallest absolute Gasteiger partial charge is 0.264 e. The lowest BCUT2D eigenvalue weighted by molar-refractivity contribution is 0.0968. The Balaban J connectivity index is 1.53. The zero-order valence-corrected chi connectivity index (χ0v) is 18.8. The first-order valence-electron chi connectivity index (χ1n) is 10.0. The van der Waals surface area contributed by atoms with Crippen LogP contribution < -0.4 is 5.32 Å². The number of pyridine rings is 1. The van der Waals surface area contributed by atoms with Gasteiger partial charge in [-0.05, 0) is 62.6 Å². The monoisotopic (exact) mass is 480 g/mol. The van der Waals surface area contributed by atoms with Gasteiger partial charge in [0.25, 0.3) is 10.1 Å². The second-order valence-corrected chi connectivity index (χ2v) is 10.8. The van der Waals surface area contributed by atoms with E-state index in [-0.39, 0.29) is 30.3 Å². The summed E-state index contributed by atoms with van der Waals surface area (Å²) in [6.07, 6.45) is 8.33. The van der Waals surface area contributed by atoms with E-state index in [4.69, 9.17) is 4.18 Å². The van der Waals surface area contributed by atoms with E-state index in [0.717, 1.165) is 65.8 Å². The number of Topliss-reactive ketones (excluding diaryl/α,β-unsaturated/α-hetero) is 1. The molecule has 1 aromatic carbocycles. The zero-order valence-electron chi connectivity index (χ0n) is 16.4. The number of hydrogen-bond acceptors (Lipinski definition) is 6. The van der Waals surface area contributed by atoms with Crippen LogP contribution in [-0.4, -0.2) is 38.1 Å². The van der Waals surface area contributed by atoms with E-state index < -0.39 is 10.1 Å². The van der Waals surface area contributed by atoms with Crippen molar-refractivity contribution in [3.8, 4) is 0 Å². The standard InChI is InChI=1S/C21H25BrN2O4S/c1-29(26,27)28-12-13-2-7-16(8-3-13)24-20-17-10-15(22)6-9-19(17)23-11-18(20)21(25)14-4-5-14/h6,9-11,13-14,16H,2-5,7-8,12H2,1H3,(H,23,24)/t13-,16-. The lowest BCUT2D eigenvalue weighted by atomic mass is 9.86. The minimum atomic E-state index is -3.40. The summed E-state index contributed by atoms with van der Waals surface area (Å²) in [5, 5.41) is 4.59. The highest BCUT2D eigenvalue weighted by Gasteiger charge is 2.33. The van der Waals surface area contributed by atoms with Crippen molar-refractivity contribution >= 4 is 48.4 Å². The summed E-state index contributed by atoms with van der Waals surface area (Å²) in [6, 6.07) is 6.16. The Bertz CT molecular complexity index is 1030.